The fourth-order valence-corrected chi connectivity index (χ4v) is 5.60. The highest BCUT2D eigenvalue weighted by atomic mass is 32.2. The molecule has 1 atom stereocenters. The van der Waals surface area contributed by atoms with Crippen LogP contribution in [-0.4, -0.2) is 24.7 Å². The molecule has 0 unspecified atom stereocenters. The number of sulfonamides is 1. The molecule has 1 aliphatic rings. The van der Waals surface area contributed by atoms with E-state index in [1.807, 2.05) is 41.2 Å². The van der Waals surface area contributed by atoms with Gasteiger partial charge < -0.3 is 0 Å². The van der Waals surface area contributed by atoms with Crippen LogP contribution in [0.2, 0.25) is 0 Å². The van der Waals surface area contributed by atoms with Crippen molar-refractivity contribution in [3.63, 3.8) is 0 Å². The van der Waals surface area contributed by atoms with E-state index in [-0.39, 0.29) is 6.04 Å². The summed E-state index contributed by atoms with van der Waals surface area (Å²) in [5.41, 5.74) is 1.80. The average molecular weight is 345 g/mol. The molecule has 23 heavy (non-hydrogen) atoms. The molecular weight excluding hydrogens is 330 g/mol. The van der Waals surface area contributed by atoms with Gasteiger partial charge in [0.25, 0.3) is 10.0 Å². The second-order valence-corrected chi connectivity index (χ2v) is 8.48. The first-order valence-electron chi connectivity index (χ1n) is 7.29. The molecule has 5 nitrogen and oxygen atoms in total. The van der Waals surface area contributed by atoms with E-state index in [0.717, 1.165) is 17.7 Å². The summed E-state index contributed by atoms with van der Waals surface area (Å²) in [4.78, 5) is 0. The molecule has 0 aliphatic carbocycles. The molecule has 7 heteroatoms. The smallest absolute Gasteiger partial charge is 0.268 e. The summed E-state index contributed by atoms with van der Waals surface area (Å²) in [7, 11) is -3.55. The minimum absolute atomic E-state index is 0.00497. The van der Waals surface area contributed by atoms with Crippen LogP contribution in [0.25, 0.3) is 0 Å². The lowest BCUT2D eigenvalue weighted by Crippen LogP contribution is -2.40. The zero-order valence-electron chi connectivity index (χ0n) is 12.2. The van der Waals surface area contributed by atoms with Crippen LogP contribution in [0.5, 0.6) is 0 Å². The molecule has 0 N–H and O–H groups in total. The van der Waals surface area contributed by atoms with Crippen molar-refractivity contribution in [1.29, 1.82) is 0 Å². The zero-order chi connectivity index (χ0) is 15.9. The second kappa shape index (κ2) is 5.50. The number of para-hydroxylation sites is 1. The molecule has 0 amide bonds. The van der Waals surface area contributed by atoms with Gasteiger partial charge in [-0.2, -0.15) is 5.10 Å². The van der Waals surface area contributed by atoms with E-state index >= 15 is 0 Å². The van der Waals surface area contributed by atoms with Crippen LogP contribution in [0, 0.1) is 0 Å². The fraction of sp³-hybridized carbons (Fsp3) is 0.188. The molecule has 2 aromatic heterocycles. The second-order valence-electron chi connectivity index (χ2n) is 5.44. The Morgan fingerprint density at radius 3 is 2.74 bits per heavy atom. The minimum atomic E-state index is -3.55. The standard InChI is InChI=1S/C16H15N3O2S2/c20-23(21,16-7-3-10-22-16)19-12-14(18-9-4-8-17-18)11-13-5-1-2-6-15(13)19/h1-10,14H,11-12H2/t14-/m1/s1. The number of hydrogen-bond donors (Lipinski definition) is 0. The van der Waals surface area contributed by atoms with Gasteiger partial charge in [0.15, 0.2) is 0 Å². The van der Waals surface area contributed by atoms with E-state index in [2.05, 4.69) is 5.10 Å². The summed E-state index contributed by atoms with van der Waals surface area (Å²) in [5.74, 6) is 0. The van der Waals surface area contributed by atoms with E-state index in [4.69, 9.17) is 0 Å². The normalized spacial score (nSPS) is 17.9. The van der Waals surface area contributed by atoms with Gasteiger partial charge in [-0.3, -0.25) is 8.99 Å². The van der Waals surface area contributed by atoms with Crippen molar-refractivity contribution in [3.8, 4) is 0 Å². The summed E-state index contributed by atoms with van der Waals surface area (Å²) in [6.07, 6.45) is 4.38. The average Bonchev–Trinajstić information content (AvgIpc) is 3.27. The number of hydrogen-bond acceptors (Lipinski definition) is 4. The fourth-order valence-electron chi connectivity index (χ4n) is 2.96. The molecule has 0 saturated carbocycles. The molecule has 0 spiro atoms. The van der Waals surface area contributed by atoms with Crippen molar-refractivity contribution in [3.05, 3.63) is 65.8 Å². The van der Waals surface area contributed by atoms with Crippen LogP contribution in [0.3, 0.4) is 0 Å². The number of thiophene rings is 1. The quantitative estimate of drug-likeness (QED) is 0.733. The molecule has 0 saturated heterocycles. The van der Waals surface area contributed by atoms with Gasteiger partial charge in [0.2, 0.25) is 0 Å². The first-order valence-corrected chi connectivity index (χ1v) is 9.61. The summed E-state index contributed by atoms with van der Waals surface area (Å²) < 4.78 is 29.8. The van der Waals surface area contributed by atoms with Gasteiger partial charge in [-0.25, -0.2) is 8.42 Å². The molecule has 3 heterocycles. The predicted octanol–water partition coefficient (Wildman–Crippen LogP) is 2.94. The van der Waals surface area contributed by atoms with Crippen LogP contribution in [-0.2, 0) is 16.4 Å². The summed E-state index contributed by atoms with van der Waals surface area (Å²) >= 11 is 1.24. The third-order valence-corrected chi connectivity index (χ3v) is 7.18. The largest absolute Gasteiger partial charge is 0.273 e. The van der Waals surface area contributed by atoms with Crippen molar-refractivity contribution < 1.29 is 8.42 Å². The molecule has 4 rings (SSSR count). The number of rotatable bonds is 3. The molecule has 1 aliphatic heterocycles. The topological polar surface area (TPSA) is 55.2 Å². The van der Waals surface area contributed by atoms with Gasteiger partial charge in [-0.15, -0.1) is 11.3 Å². The Kier molecular flexibility index (Phi) is 3.46. The molecular formula is C16H15N3O2S2. The van der Waals surface area contributed by atoms with Gasteiger partial charge >= 0.3 is 0 Å². The number of aromatic nitrogens is 2. The summed E-state index contributed by atoms with van der Waals surface area (Å²) in [6.45, 7) is 0.388. The summed E-state index contributed by atoms with van der Waals surface area (Å²) in [5, 5.41) is 6.08. The van der Waals surface area contributed by atoms with E-state index in [1.54, 1.807) is 23.7 Å². The van der Waals surface area contributed by atoms with Crippen LogP contribution < -0.4 is 4.31 Å². The molecule has 0 fully saturated rings. The van der Waals surface area contributed by atoms with Gasteiger partial charge in [-0.1, -0.05) is 24.3 Å². The predicted molar refractivity (Wildman–Crippen MR) is 90.3 cm³/mol. The van der Waals surface area contributed by atoms with Crippen LogP contribution in [0.15, 0.2) is 64.4 Å². The number of benzene rings is 1. The maximum atomic E-state index is 13.0. The third-order valence-electron chi connectivity index (χ3n) is 4.03. The van der Waals surface area contributed by atoms with E-state index < -0.39 is 10.0 Å². The lowest BCUT2D eigenvalue weighted by Gasteiger charge is -2.35. The Morgan fingerprint density at radius 2 is 2.00 bits per heavy atom. The maximum Gasteiger partial charge on any atom is 0.273 e. The lowest BCUT2D eigenvalue weighted by molar-refractivity contribution is 0.446. The molecule has 3 aromatic rings. The van der Waals surface area contributed by atoms with Gasteiger partial charge in [-0.05, 0) is 35.6 Å². The van der Waals surface area contributed by atoms with E-state index in [1.165, 1.54) is 15.6 Å². The summed E-state index contributed by atoms with van der Waals surface area (Å²) in [6, 6.07) is 13.0. The molecule has 0 bridgehead atoms. The molecule has 0 radical (unpaired) electrons. The van der Waals surface area contributed by atoms with Crippen LogP contribution >= 0.6 is 11.3 Å². The first kappa shape index (κ1) is 14.5. The SMILES string of the molecule is O=S(=O)(c1cccs1)N1C[C@H](n2cccn2)Cc2ccccc21. The molecule has 118 valence electrons. The Morgan fingerprint density at radius 1 is 1.13 bits per heavy atom. The van der Waals surface area contributed by atoms with E-state index in [0.29, 0.717) is 10.8 Å². The zero-order valence-corrected chi connectivity index (χ0v) is 13.9. The maximum absolute atomic E-state index is 13.0. The monoisotopic (exact) mass is 345 g/mol. The Bertz CT molecular complexity index is 903. The highest BCUT2D eigenvalue weighted by Gasteiger charge is 2.34. The number of anilines is 1. The lowest BCUT2D eigenvalue weighted by atomic mass is 10.00. The minimum Gasteiger partial charge on any atom is -0.268 e. The van der Waals surface area contributed by atoms with Gasteiger partial charge in [0.1, 0.15) is 4.21 Å². The highest BCUT2D eigenvalue weighted by Crippen LogP contribution is 2.36. The van der Waals surface area contributed by atoms with Crippen molar-refractivity contribution in [1.82, 2.24) is 9.78 Å². The molecule has 1 aromatic carbocycles. The van der Waals surface area contributed by atoms with Crippen molar-refractivity contribution in [2.24, 2.45) is 0 Å². The highest BCUT2D eigenvalue weighted by molar-refractivity contribution is 7.94. The van der Waals surface area contributed by atoms with Crippen LogP contribution in [0.1, 0.15) is 11.6 Å². The Hall–Kier alpha value is -2.12. The van der Waals surface area contributed by atoms with E-state index in [9.17, 15) is 8.42 Å². The van der Waals surface area contributed by atoms with Crippen molar-refractivity contribution in [2.75, 3.05) is 10.8 Å². The third kappa shape index (κ3) is 2.46. The van der Waals surface area contributed by atoms with Gasteiger partial charge in [0.05, 0.1) is 18.3 Å². The Labute approximate surface area is 138 Å². The van der Waals surface area contributed by atoms with Gasteiger partial charge in [0, 0.05) is 12.4 Å². The number of fused-ring (bicyclic) bond motifs is 1. The Balaban J connectivity index is 1.82. The first-order chi connectivity index (χ1) is 11.2. The number of nitrogens with zero attached hydrogens (tertiary/aromatic N) is 3. The van der Waals surface area contributed by atoms with Crippen molar-refractivity contribution >= 4 is 27.0 Å². The van der Waals surface area contributed by atoms with Crippen LogP contribution in [0.4, 0.5) is 5.69 Å². The van der Waals surface area contributed by atoms with Crippen molar-refractivity contribution in [2.45, 2.75) is 16.7 Å².